The fourth-order valence-corrected chi connectivity index (χ4v) is 2.43. The second kappa shape index (κ2) is 3.30. The van der Waals surface area contributed by atoms with Gasteiger partial charge in [0.15, 0.2) is 0 Å². The molecule has 2 N–H and O–H groups in total. The molecule has 0 aromatic carbocycles. The van der Waals surface area contributed by atoms with Gasteiger partial charge in [0.25, 0.3) is 0 Å². The van der Waals surface area contributed by atoms with Crippen molar-refractivity contribution in [3.63, 3.8) is 0 Å². The maximum atomic E-state index is 5.51. The average molecular weight is 178 g/mol. The molecule has 3 rings (SSSR count). The van der Waals surface area contributed by atoms with Crippen LogP contribution in [0.4, 0.5) is 0 Å². The summed E-state index contributed by atoms with van der Waals surface area (Å²) in [5.41, 5.74) is 6.04. The Morgan fingerprint density at radius 1 is 1.45 bits per heavy atom. The molecule has 0 spiro atoms. The molecule has 1 aliphatic carbocycles. The lowest BCUT2D eigenvalue weighted by molar-refractivity contribution is -0.133. The molecular weight excluding hydrogens is 162 g/mol. The van der Waals surface area contributed by atoms with Gasteiger partial charge >= 0.3 is 0 Å². The van der Waals surface area contributed by atoms with Gasteiger partial charge in [0.2, 0.25) is 0 Å². The van der Waals surface area contributed by atoms with Crippen molar-refractivity contribution >= 4 is 12.4 Å². The van der Waals surface area contributed by atoms with E-state index in [1.54, 1.807) is 0 Å². The van der Waals surface area contributed by atoms with Gasteiger partial charge in [0.05, 0.1) is 6.61 Å². The molecule has 0 aromatic rings. The van der Waals surface area contributed by atoms with Crippen molar-refractivity contribution in [1.29, 1.82) is 0 Å². The fraction of sp³-hybridized carbons (Fsp3) is 1.00. The predicted octanol–water partition coefficient (Wildman–Crippen LogP) is 1.18. The van der Waals surface area contributed by atoms with Gasteiger partial charge in [-0.3, -0.25) is 0 Å². The highest BCUT2D eigenvalue weighted by atomic mass is 35.5. The van der Waals surface area contributed by atoms with Gasteiger partial charge in [-0.05, 0) is 37.1 Å². The van der Waals surface area contributed by atoms with Crippen LogP contribution in [0.3, 0.4) is 0 Å². The Hall–Kier alpha value is 0.210. The molecule has 0 aromatic heterocycles. The van der Waals surface area contributed by atoms with Crippen LogP contribution in [-0.2, 0) is 4.74 Å². The average Bonchev–Trinajstić information content (AvgIpc) is 1.87. The summed E-state index contributed by atoms with van der Waals surface area (Å²) in [6.07, 6.45) is 3.93. The van der Waals surface area contributed by atoms with Gasteiger partial charge in [-0.1, -0.05) is 0 Å². The molecule has 2 heterocycles. The molecule has 11 heavy (non-hydrogen) atoms. The van der Waals surface area contributed by atoms with Gasteiger partial charge in [0.1, 0.15) is 0 Å². The van der Waals surface area contributed by atoms with E-state index < -0.39 is 0 Å². The second-order valence-corrected chi connectivity index (χ2v) is 3.83. The van der Waals surface area contributed by atoms with Crippen molar-refractivity contribution in [1.82, 2.24) is 0 Å². The van der Waals surface area contributed by atoms with Crippen molar-refractivity contribution in [2.45, 2.75) is 19.3 Å². The van der Waals surface area contributed by atoms with Gasteiger partial charge in [-0.2, -0.15) is 0 Å². The van der Waals surface area contributed by atoms with Crippen LogP contribution in [0.25, 0.3) is 0 Å². The molecule has 2 bridgehead atoms. The van der Waals surface area contributed by atoms with Gasteiger partial charge in [0, 0.05) is 6.61 Å². The van der Waals surface area contributed by atoms with Crippen LogP contribution in [0.2, 0.25) is 0 Å². The summed E-state index contributed by atoms with van der Waals surface area (Å²) >= 11 is 0. The van der Waals surface area contributed by atoms with E-state index in [-0.39, 0.29) is 12.4 Å². The van der Waals surface area contributed by atoms with Crippen molar-refractivity contribution in [2.75, 3.05) is 19.8 Å². The van der Waals surface area contributed by atoms with E-state index in [9.17, 15) is 0 Å². The van der Waals surface area contributed by atoms with Gasteiger partial charge < -0.3 is 10.5 Å². The zero-order valence-corrected chi connectivity index (χ0v) is 7.53. The summed E-state index contributed by atoms with van der Waals surface area (Å²) in [7, 11) is 0. The number of fused-ring (bicyclic) bond motifs is 2. The molecule has 0 atom stereocenters. The summed E-state index contributed by atoms with van der Waals surface area (Å²) in [5, 5.41) is 0. The molecule has 1 saturated carbocycles. The Bertz CT molecular complexity index is 123. The molecule has 0 amide bonds. The van der Waals surface area contributed by atoms with Crippen molar-refractivity contribution in [3.8, 4) is 0 Å². The fourth-order valence-electron chi connectivity index (χ4n) is 2.43. The summed E-state index contributed by atoms with van der Waals surface area (Å²) in [5.74, 6) is 0.875. The minimum absolute atomic E-state index is 0. The van der Waals surface area contributed by atoms with Crippen LogP contribution in [0, 0.1) is 11.3 Å². The highest BCUT2D eigenvalue weighted by molar-refractivity contribution is 5.85. The number of hydrogen-bond acceptors (Lipinski definition) is 2. The molecule has 3 aliphatic rings. The van der Waals surface area contributed by atoms with Crippen LogP contribution >= 0.6 is 12.4 Å². The van der Waals surface area contributed by atoms with Crippen LogP contribution in [0.1, 0.15) is 19.3 Å². The first kappa shape index (κ1) is 9.30. The van der Waals surface area contributed by atoms with E-state index in [0.717, 1.165) is 25.7 Å². The van der Waals surface area contributed by atoms with Crippen LogP contribution in [0.5, 0.6) is 0 Å². The number of hydrogen-bond donors (Lipinski definition) is 1. The Balaban J connectivity index is 0.000000605. The van der Waals surface area contributed by atoms with Crippen molar-refractivity contribution in [3.05, 3.63) is 0 Å². The molecule has 3 fully saturated rings. The quantitative estimate of drug-likeness (QED) is 0.688. The Morgan fingerprint density at radius 2 is 2.18 bits per heavy atom. The molecular formula is C8H16ClNO. The van der Waals surface area contributed by atoms with Crippen LogP contribution < -0.4 is 5.73 Å². The predicted molar refractivity (Wildman–Crippen MR) is 46.9 cm³/mol. The molecule has 0 radical (unpaired) electrons. The molecule has 2 aliphatic heterocycles. The maximum Gasteiger partial charge on any atom is 0.0523 e. The van der Waals surface area contributed by atoms with Gasteiger partial charge in [-0.15, -0.1) is 12.4 Å². The summed E-state index contributed by atoms with van der Waals surface area (Å²) in [6.45, 7) is 2.81. The summed E-state index contributed by atoms with van der Waals surface area (Å²) in [4.78, 5) is 0. The van der Waals surface area contributed by atoms with E-state index >= 15 is 0 Å². The summed E-state index contributed by atoms with van der Waals surface area (Å²) < 4.78 is 5.43. The second-order valence-electron chi connectivity index (χ2n) is 3.83. The monoisotopic (exact) mass is 177 g/mol. The standard InChI is InChI=1S/C8H15NO.ClH/c9-2-1-8-3-7(4-8)5-10-6-8;/h7H,1-6,9H2;1H. The summed E-state index contributed by atoms with van der Waals surface area (Å²) in [6, 6.07) is 0. The third kappa shape index (κ3) is 1.53. The van der Waals surface area contributed by atoms with Gasteiger partial charge in [-0.25, -0.2) is 0 Å². The minimum Gasteiger partial charge on any atom is -0.381 e. The maximum absolute atomic E-state index is 5.51. The Morgan fingerprint density at radius 3 is 2.64 bits per heavy atom. The molecule has 0 unspecified atom stereocenters. The first-order valence-corrected chi connectivity index (χ1v) is 4.12. The minimum atomic E-state index is 0. The number of rotatable bonds is 2. The normalized spacial score (nSPS) is 40.6. The zero-order chi connectivity index (χ0) is 7.03. The number of halogens is 1. The smallest absolute Gasteiger partial charge is 0.0523 e. The highest BCUT2D eigenvalue weighted by Gasteiger charge is 2.46. The third-order valence-corrected chi connectivity index (χ3v) is 2.88. The van der Waals surface area contributed by atoms with Crippen LogP contribution in [-0.4, -0.2) is 19.8 Å². The lowest BCUT2D eigenvalue weighted by Gasteiger charge is -2.52. The number of ether oxygens (including phenoxy) is 1. The molecule has 2 nitrogen and oxygen atoms in total. The Labute approximate surface area is 73.9 Å². The molecule has 2 saturated heterocycles. The van der Waals surface area contributed by atoms with E-state index in [4.69, 9.17) is 10.5 Å². The lowest BCUT2D eigenvalue weighted by atomic mass is 9.59. The van der Waals surface area contributed by atoms with Crippen LogP contribution in [0.15, 0.2) is 0 Å². The van der Waals surface area contributed by atoms with E-state index in [0.29, 0.717) is 5.41 Å². The molecule has 3 heteroatoms. The Kier molecular flexibility index (Phi) is 2.79. The molecule has 66 valence electrons. The van der Waals surface area contributed by atoms with E-state index in [1.165, 1.54) is 19.3 Å². The number of nitrogens with two attached hydrogens (primary N) is 1. The van der Waals surface area contributed by atoms with E-state index in [1.807, 2.05) is 0 Å². The van der Waals surface area contributed by atoms with Crippen molar-refractivity contribution in [2.24, 2.45) is 17.1 Å². The first-order chi connectivity index (χ1) is 4.85. The largest absolute Gasteiger partial charge is 0.381 e. The SMILES string of the molecule is Cl.NCCC12COCC(C1)C2. The first-order valence-electron chi connectivity index (χ1n) is 4.12. The lowest BCUT2D eigenvalue weighted by Crippen LogP contribution is -2.49. The van der Waals surface area contributed by atoms with E-state index in [2.05, 4.69) is 0 Å². The van der Waals surface area contributed by atoms with Crippen molar-refractivity contribution < 1.29 is 4.74 Å². The third-order valence-electron chi connectivity index (χ3n) is 2.88. The topological polar surface area (TPSA) is 35.2 Å². The zero-order valence-electron chi connectivity index (χ0n) is 6.71. The highest BCUT2D eigenvalue weighted by Crippen LogP contribution is 2.51.